The van der Waals surface area contributed by atoms with Crippen LogP contribution in [-0.2, 0) is 4.74 Å². The first-order chi connectivity index (χ1) is 7.83. The van der Waals surface area contributed by atoms with Crippen molar-refractivity contribution >= 4 is 5.97 Å². The molecular formula is C12H15NO3. The number of ether oxygens (including phenoxy) is 1. The van der Waals surface area contributed by atoms with Gasteiger partial charge >= 0.3 is 5.97 Å². The standard InChI is InChI=1S/C12H15NO3/c1-2-15-12(14)10-11(16-6-13-10)9-7-4-3-5-8(7)9/h6-9H,2-5H2,1H3. The van der Waals surface area contributed by atoms with Crippen LogP contribution in [0.4, 0.5) is 0 Å². The van der Waals surface area contributed by atoms with Gasteiger partial charge in [-0.25, -0.2) is 9.78 Å². The van der Waals surface area contributed by atoms with Crippen LogP contribution < -0.4 is 0 Å². The molecule has 0 bridgehead atoms. The Labute approximate surface area is 94.0 Å². The molecule has 3 rings (SSSR count). The first-order valence-electron chi connectivity index (χ1n) is 5.93. The van der Waals surface area contributed by atoms with Crippen molar-refractivity contribution in [3.05, 3.63) is 17.8 Å². The summed E-state index contributed by atoms with van der Waals surface area (Å²) in [6.45, 7) is 2.17. The molecule has 1 aromatic heterocycles. The number of fused-ring (bicyclic) bond motifs is 1. The molecule has 0 saturated heterocycles. The molecule has 2 fully saturated rings. The molecule has 1 aromatic rings. The molecule has 2 aliphatic carbocycles. The average Bonchev–Trinajstić information content (AvgIpc) is 2.76. The summed E-state index contributed by atoms with van der Waals surface area (Å²) in [5.41, 5.74) is 0.390. The van der Waals surface area contributed by atoms with Crippen molar-refractivity contribution in [3.8, 4) is 0 Å². The molecule has 2 unspecified atom stereocenters. The van der Waals surface area contributed by atoms with E-state index in [2.05, 4.69) is 4.98 Å². The summed E-state index contributed by atoms with van der Waals surface area (Å²) in [6, 6.07) is 0. The fourth-order valence-electron chi connectivity index (χ4n) is 3.05. The summed E-state index contributed by atoms with van der Waals surface area (Å²) in [5, 5.41) is 0. The summed E-state index contributed by atoms with van der Waals surface area (Å²) < 4.78 is 10.3. The van der Waals surface area contributed by atoms with Crippen LogP contribution in [0.3, 0.4) is 0 Å². The predicted octanol–water partition coefficient (Wildman–Crippen LogP) is 2.36. The molecule has 2 atom stereocenters. The van der Waals surface area contributed by atoms with Crippen molar-refractivity contribution in [2.24, 2.45) is 11.8 Å². The van der Waals surface area contributed by atoms with E-state index in [1.54, 1.807) is 6.92 Å². The van der Waals surface area contributed by atoms with Crippen molar-refractivity contribution < 1.29 is 13.9 Å². The molecule has 1 heterocycles. The van der Waals surface area contributed by atoms with Crippen molar-refractivity contribution in [1.29, 1.82) is 0 Å². The highest BCUT2D eigenvalue weighted by molar-refractivity contribution is 5.88. The number of rotatable bonds is 3. The third kappa shape index (κ3) is 1.36. The van der Waals surface area contributed by atoms with Crippen LogP contribution in [0.25, 0.3) is 0 Å². The Bertz CT molecular complexity index is 402. The van der Waals surface area contributed by atoms with E-state index >= 15 is 0 Å². The Hall–Kier alpha value is -1.32. The SMILES string of the molecule is CCOC(=O)c1ncoc1C1C2CCCC21. The predicted molar refractivity (Wildman–Crippen MR) is 56.0 cm³/mol. The van der Waals surface area contributed by atoms with E-state index in [-0.39, 0.29) is 5.97 Å². The van der Waals surface area contributed by atoms with Crippen LogP contribution in [0.2, 0.25) is 0 Å². The van der Waals surface area contributed by atoms with Crippen molar-refractivity contribution in [2.75, 3.05) is 6.61 Å². The van der Waals surface area contributed by atoms with Crippen molar-refractivity contribution in [1.82, 2.24) is 4.98 Å². The summed E-state index contributed by atoms with van der Waals surface area (Å²) >= 11 is 0. The normalized spacial score (nSPS) is 31.2. The third-order valence-electron chi connectivity index (χ3n) is 3.77. The Morgan fingerprint density at radius 1 is 1.56 bits per heavy atom. The highest BCUT2D eigenvalue weighted by Crippen LogP contribution is 2.63. The van der Waals surface area contributed by atoms with E-state index in [9.17, 15) is 4.79 Å². The van der Waals surface area contributed by atoms with Gasteiger partial charge in [-0.15, -0.1) is 0 Å². The second-order valence-electron chi connectivity index (χ2n) is 4.57. The van der Waals surface area contributed by atoms with Gasteiger partial charge in [-0.1, -0.05) is 6.42 Å². The molecule has 0 spiro atoms. The number of oxazole rings is 1. The molecule has 4 nitrogen and oxygen atoms in total. The second-order valence-corrected chi connectivity index (χ2v) is 4.57. The fraction of sp³-hybridized carbons (Fsp3) is 0.667. The maximum absolute atomic E-state index is 11.6. The number of aromatic nitrogens is 1. The molecule has 0 radical (unpaired) electrons. The molecule has 0 aliphatic heterocycles. The molecule has 2 saturated carbocycles. The van der Waals surface area contributed by atoms with Crippen LogP contribution >= 0.6 is 0 Å². The van der Waals surface area contributed by atoms with Crippen molar-refractivity contribution in [3.63, 3.8) is 0 Å². The topological polar surface area (TPSA) is 52.3 Å². The van der Waals surface area contributed by atoms with E-state index < -0.39 is 0 Å². The van der Waals surface area contributed by atoms with E-state index in [0.717, 1.165) is 17.6 Å². The van der Waals surface area contributed by atoms with Crippen LogP contribution in [0.15, 0.2) is 10.8 Å². The van der Waals surface area contributed by atoms with Gasteiger partial charge in [-0.3, -0.25) is 0 Å². The summed E-state index contributed by atoms with van der Waals surface area (Å²) in [6.07, 6.45) is 5.20. The monoisotopic (exact) mass is 221 g/mol. The van der Waals surface area contributed by atoms with Crippen LogP contribution in [0, 0.1) is 11.8 Å². The summed E-state index contributed by atoms with van der Waals surface area (Å²) in [5.74, 6) is 2.28. The maximum atomic E-state index is 11.6. The molecule has 16 heavy (non-hydrogen) atoms. The number of nitrogens with zero attached hydrogens (tertiary/aromatic N) is 1. The van der Waals surface area contributed by atoms with E-state index in [1.807, 2.05) is 0 Å². The quantitative estimate of drug-likeness (QED) is 0.735. The molecule has 86 valence electrons. The Balaban J connectivity index is 1.81. The lowest BCUT2D eigenvalue weighted by Crippen LogP contribution is -2.08. The Morgan fingerprint density at radius 3 is 3.00 bits per heavy atom. The van der Waals surface area contributed by atoms with E-state index in [4.69, 9.17) is 9.15 Å². The van der Waals surface area contributed by atoms with Gasteiger partial charge in [0.1, 0.15) is 5.76 Å². The van der Waals surface area contributed by atoms with Gasteiger partial charge in [0, 0.05) is 5.92 Å². The summed E-state index contributed by atoms with van der Waals surface area (Å²) in [4.78, 5) is 15.6. The third-order valence-corrected chi connectivity index (χ3v) is 3.77. The van der Waals surface area contributed by atoms with Crippen LogP contribution in [0.1, 0.15) is 48.4 Å². The molecular weight excluding hydrogens is 206 g/mol. The van der Waals surface area contributed by atoms with E-state index in [1.165, 1.54) is 25.7 Å². The molecule has 4 heteroatoms. The van der Waals surface area contributed by atoms with Gasteiger partial charge in [-0.2, -0.15) is 0 Å². The van der Waals surface area contributed by atoms with Crippen LogP contribution in [0.5, 0.6) is 0 Å². The largest absolute Gasteiger partial charge is 0.461 e. The lowest BCUT2D eigenvalue weighted by atomic mass is 10.1. The number of hydrogen-bond donors (Lipinski definition) is 0. The highest BCUT2D eigenvalue weighted by atomic mass is 16.5. The summed E-state index contributed by atoms with van der Waals surface area (Å²) in [7, 11) is 0. The van der Waals surface area contributed by atoms with Gasteiger partial charge in [0.25, 0.3) is 0 Å². The van der Waals surface area contributed by atoms with Gasteiger partial charge in [0.15, 0.2) is 12.1 Å². The lowest BCUT2D eigenvalue weighted by Gasteiger charge is -2.02. The van der Waals surface area contributed by atoms with Crippen LogP contribution in [-0.4, -0.2) is 17.6 Å². The molecule has 0 N–H and O–H groups in total. The van der Waals surface area contributed by atoms with Gasteiger partial charge in [0.2, 0.25) is 0 Å². The minimum atomic E-state index is -0.351. The van der Waals surface area contributed by atoms with Gasteiger partial charge < -0.3 is 9.15 Å². The molecule has 0 aromatic carbocycles. The zero-order valence-corrected chi connectivity index (χ0v) is 9.31. The average molecular weight is 221 g/mol. The fourth-order valence-corrected chi connectivity index (χ4v) is 3.05. The number of hydrogen-bond acceptors (Lipinski definition) is 4. The zero-order valence-electron chi connectivity index (χ0n) is 9.31. The zero-order chi connectivity index (χ0) is 11.1. The number of carbonyl (C=O) groups excluding carboxylic acids is 1. The Kier molecular flexibility index (Phi) is 2.23. The Morgan fingerprint density at radius 2 is 2.31 bits per heavy atom. The first kappa shape index (κ1) is 9.87. The molecule has 2 aliphatic rings. The first-order valence-corrected chi connectivity index (χ1v) is 5.93. The van der Waals surface area contributed by atoms with Gasteiger partial charge in [0.05, 0.1) is 6.61 Å². The van der Waals surface area contributed by atoms with Crippen molar-refractivity contribution in [2.45, 2.75) is 32.1 Å². The number of carbonyl (C=O) groups is 1. The highest BCUT2D eigenvalue weighted by Gasteiger charge is 2.56. The molecule has 0 amide bonds. The number of esters is 1. The van der Waals surface area contributed by atoms with Gasteiger partial charge in [-0.05, 0) is 31.6 Å². The minimum absolute atomic E-state index is 0.351. The van der Waals surface area contributed by atoms with E-state index in [0.29, 0.717) is 18.2 Å². The lowest BCUT2D eigenvalue weighted by molar-refractivity contribution is 0.0517. The maximum Gasteiger partial charge on any atom is 0.360 e. The smallest absolute Gasteiger partial charge is 0.360 e. The minimum Gasteiger partial charge on any atom is -0.461 e. The second kappa shape index (κ2) is 3.61.